The third kappa shape index (κ3) is 54.2. The molecule has 0 amide bonds. The van der Waals surface area contributed by atoms with Crippen molar-refractivity contribution in [3.63, 3.8) is 0 Å². The predicted molar refractivity (Wildman–Crippen MR) is 288 cm³/mol. The number of esters is 1. The number of allylic oxidation sites excluding steroid dienone is 16. The van der Waals surface area contributed by atoms with Gasteiger partial charge in [-0.05, 0) is 89.9 Å². The van der Waals surface area contributed by atoms with Crippen LogP contribution in [0, 0.1) is 0 Å². The number of quaternary nitrogens is 1. The van der Waals surface area contributed by atoms with Crippen LogP contribution in [-0.2, 0) is 27.9 Å². The molecule has 0 aliphatic heterocycles. The number of hydrogen-bond donors (Lipinski definition) is 1. The molecule has 0 bridgehead atoms. The Hall–Kier alpha value is -2.58. The minimum absolute atomic E-state index is 0.0726. The molecule has 67 heavy (non-hydrogen) atoms. The van der Waals surface area contributed by atoms with E-state index in [9.17, 15) is 14.3 Å². The molecule has 0 heterocycles. The lowest BCUT2D eigenvalue weighted by Crippen LogP contribution is -2.37. The highest BCUT2D eigenvalue weighted by Crippen LogP contribution is 2.43. The zero-order valence-electron chi connectivity index (χ0n) is 43.9. The maximum atomic E-state index is 12.8. The molecule has 0 saturated carbocycles. The number of phosphoric ester groups is 1. The topological polar surface area (TPSA) is 91.3 Å². The molecule has 8 nitrogen and oxygen atoms in total. The van der Waals surface area contributed by atoms with Crippen LogP contribution in [-0.4, -0.2) is 75.6 Å². The number of ether oxygens (including phenoxy) is 2. The summed E-state index contributed by atoms with van der Waals surface area (Å²) >= 11 is 0. The summed E-state index contributed by atoms with van der Waals surface area (Å²) in [5.74, 6) is -0.373. The van der Waals surface area contributed by atoms with E-state index in [-0.39, 0.29) is 32.2 Å². The Labute approximate surface area is 413 Å². The molecule has 1 N–H and O–H groups in total. The summed E-state index contributed by atoms with van der Waals surface area (Å²) in [7, 11) is 1.62. The second-order valence-electron chi connectivity index (χ2n) is 18.9. The van der Waals surface area contributed by atoms with Crippen molar-refractivity contribution in [2.75, 3.05) is 54.1 Å². The van der Waals surface area contributed by atoms with Crippen molar-refractivity contribution in [3.8, 4) is 0 Å². The molecule has 2 unspecified atom stereocenters. The third-order valence-electron chi connectivity index (χ3n) is 11.1. The molecule has 0 aliphatic carbocycles. The minimum atomic E-state index is -4.31. The highest BCUT2D eigenvalue weighted by atomic mass is 31.2. The smallest absolute Gasteiger partial charge is 0.457 e. The maximum Gasteiger partial charge on any atom is 0.472 e. The summed E-state index contributed by atoms with van der Waals surface area (Å²) in [5, 5.41) is 0. The number of carbonyl (C=O) groups excluding carboxylic acids is 1. The van der Waals surface area contributed by atoms with Gasteiger partial charge in [0.2, 0.25) is 0 Å². The van der Waals surface area contributed by atoms with Crippen molar-refractivity contribution in [2.24, 2.45) is 0 Å². The molecule has 0 aromatic carbocycles. The summed E-state index contributed by atoms with van der Waals surface area (Å²) in [6, 6.07) is 0. The molecule has 386 valence electrons. The molecule has 0 aromatic rings. The summed E-state index contributed by atoms with van der Waals surface area (Å²) < 4.78 is 35.1. The van der Waals surface area contributed by atoms with Gasteiger partial charge in [-0.3, -0.25) is 13.8 Å². The van der Waals surface area contributed by atoms with Gasteiger partial charge in [0.05, 0.1) is 34.4 Å². The number of rotatable bonds is 49. The Morgan fingerprint density at radius 2 is 0.866 bits per heavy atom. The molecule has 9 heteroatoms. The average molecular weight is 957 g/mol. The highest BCUT2D eigenvalue weighted by Gasteiger charge is 2.26. The fraction of sp³-hybridized carbons (Fsp3) is 0.707. The van der Waals surface area contributed by atoms with Crippen molar-refractivity contribution in [1.82, 2.24) is 0 Å². The van der Waals surface area contributed by atoms with Crippen LogP contribution in [0.25, 0.3) is 0 Å². The van der Waals surface area contributed by atoms with E-state index in [0.29, 0.717) is 24.1 Å². The second-order valence-corrected chi connectivity index (χ2v) is 20.3. The van der Waals surface area contributed by atoms with Crippen molar-refractivity contribution in [3.05, 3.63) is 97.2 Å². The van der Waals surface area contributed by atoms with Gasteiger partial charge in [0.15, 0.2) is 0 Å². The second kappa shape index (κ2) is 49.8. The first-order valence-corrected chi connectivity index (χ1v) is 28.5. The molecule has 0 spiro atoms. The first-order chi connectivity index (χ1) is 32.6. The van der Waals surface area contributed by atoms with Crippen LogP contribution < -0.4 is 0 Å². The fourth-order valence-electron chi connectivity index (χ4n) is 7.01. The van der Waals surface area contributed by atoms with Crippen LogP contribution in [0.5, 0.6) is 0 Å². The molecule has 0 radical (unpaired) electrons. The SMILES string of the molecule is CC/C=C\C/C=C\C/C=C\C/C=C\C/C=C\C/C=C\C/C=C\CCCC(=O)OC(COCCCCCCCCCCCC/C=C\CCCCCCCCCC)COP(=O)(O)OCC[N+](C)(C)C. The number of unbranched alkanes of at least 4 members (excludes halogenated alkanes) is 19. The summed E-state index contributed by atoms with van der Waals surface area (Å²) in [4.78, 5) is 23.0. The molecular weight excluding hydrogens is 854 g/mol. The van der Waals surface area contributed by atoms with E-state index in [4.69, 9.17) is 18.5 Å². The standard InChI is InChI=1S/C58H102NO7P/c1-6-8-10-12-14-16-18-20-22-24-26-28-30-31-33-35-37-39-41-43-45-47-49-51-58(60)66-57(56-65-67(61,62)64-54-52-59(3,4)5)55-63-53-50-48-46-44-42-40-38-36-34-32-29-27-25-23-21-19-17-15-13-11-9-7-2/h8,10,14,16,20,22,25-28,31,33,37,39,43,45,57H,6-7,9,11-13,15,17-19,21,23-24,29-30,32,34-36,38,40-42,44,46-56H2,1-5H3/p+1/b10-8-,16-14-,22-20-,27-25-,28-26-,33-31-,39-37-,45-43-. The number of phosphoric acid groups is 1. The number of carbonyl (C=O) groups is 1. The van der Waals surface area contributed by atoms with Gasteiger partial charge in [0.25, 0.3) is 0 Å². The van der Waals surface area contributed by atoms with Gasteiger partial charge in [-0.1, -0.05) is 207 Å². The van der Waals surface area contributed by atoms with E-state index >= 15 is 0 Å². The van der Waals surface area contributed by atoms with E-state index in [1.165, 1.54) is 116 Å². The lowest BCUT2D eigenvalue weighted by atomic mass is 10.1. The fourth-order valence-corrected chi connectivity index (χ4v) is 7.75. The molecule has 0 rings (SSSR count). The number of likely N-dealkylation sites (N-methyl/N-ethyl adjacent to an activating group) is 1. The quantitative estimate of drug-likeness (QED) is 0.0213. The van der Waals surface area contributed by atoms with Gasteiger partial charge >= 0.3 is 13.8 Å². The normalized spacial score (nSPS) is 14.3. The predicted octanol–water partition coefficient (Wildman–Crippen LogP) is 16.9. The lowest BCUT2D eigenvalue weighted by molar-refractivity contribution is -0.870. The Balaban J connectivity index is 4.25. The van der Waals surface area contributed by atoms with Crippen LogP contribution in [0.15, 0.2) is 97.2 Å². The molecule has 2 atom stereocenters. The molecule has 0 aromatic heterocycles. The molecule has 0 fully saturated rings. The average Bonchev–Trinajstić information content (AvgIpc) is 3.29. The van der Waals surface area contributed by atoms with Crippen LogP contribution in [0.1, 0.15) is 206 Å². The Morgan fingerprint density at radius 1 is 0.478 bits per heavy atom. The lowest BCUT2D eigenvalue weighted by Gasteiger charge is -2.24. The summed E-state index contributed by atoms with van der Waals surface area (Å²) in [6.07, 6.45) is 69.0. The third-order valence-corrected chi connectivity index (χ3v) is 12.1. The van der Waals surface area contributed by atoms with Gasteiger partial charge in [-0.2, -0.15) is 0 Å². The van der Waals surface area contributed by atoms with E-state index in [1.807, 2.05) is 21.1 Å². The highest BCUT2D eigenvalue weighted by molar-refractivity contribution is 7.47. The Bertz CT molecular complexity index is 1390. The molecule has 0 aliphatic rings. The van der Waals surface area contributed by atoms with Crippen molar-refractivity contribution < 1.29 is 37.3 Å². The first kappa shape index (κ1) is 64.4. The summed E-state index contributed by atoms with van der Waals surface area (Å²) in [6.45, 7) is 5.42. The van der Waals surface area contributed by atoms with E-state index < -0.39 is 13.9 Å². The van der Waals surface area contributed by atoms with E-state index in [1.54, 1.807) is 0 Å². The molecule has 0 saturated heterocycles. The van der Waals surface area contributed by atoms with Crippen LogP contribution in [0.3, 0.4) is 0 Å². The Kier molecular flexibility index (Phi) is 47.9. The first-order valence-electron chi connectivity index (χ1n) is 27.0. The maximum absolute atomic E-state index is 12.8. The van der Waals surface area contributed by atoms with Gasteiger partial charge in [0, 0.05) is 13.0 Å². The zero-order valence-corrected chi connectivity index (χ0v) is 44.7. The van der Waals surface area contributed by atoms with Crippen LogP contribution >= 0.6 is 7.82 Å². The van der Waals surface area contributed by atoms with Crippen molar-refractivity contribution >= 4 is 13.8 Å². The Morgan fingerprint density at radius 3 is 1.31 bits per heavy atom. The van der Waals surface area contributed by atoms with Crippen molar-refractivity contribution in [2.45, 2.75) is 213 Å². The minimum Gasteiger partial charge on any atom is -0.457 e. The number of nitrogens with zero attached hydrogens (tertiary/aromatic N) is 1. The van der Waals surface area contributed by atoms with E-state index in [0.717, 1.165) is 64.2 Å². The van der Waals surface area contributed by atoms with Crippen LogP contribution in [0.4, 0.5) is 0 Å². The van der Waals surface area contributed by atoms with Gasteiger partial charge in [-0.15, -0.1) is 0 Å². The van der Waals surface area contributed by atoms with Gasteiger partial charge in [-0.25, -0.2) is 4.57 Å². The van der Waals surface area contributed by atoms with Gasteiger partial charge in [0.1, 0.15) is 19.3 Å². The largest absolute Gasteiger partial charge is 0.472 e. The van der Waals surface area contributed by atoms with E-state index in [2.05, 4.69) is 111 Å². The van der Waals surface area contributed by atoms with Crippen LogP contribution in [0.2, 0.25) is 0 Å². The van der Waals surface area contributed by atoms with Gasteiger partial charge < -0.3 is 18.9 Å². The number of hydrogen-bond acceptors (Lipinski definition) is 6. The van der Waals surface area contributed by atoms with Crippen molar-refractivity contribution in [1.29, 1.82) is 0 Å². The molecular formula is C58H103NO7P+. The zero-order chi connectivity index (χ0) is 49.0. The summed E-state index contributed by atoms with van der Waals surface area (Å²) in [5.41, 5.74) is 0. The monoisotopic (exact) mass is 957 g/mol.